The minimum absolute atomic E-state index is 0.0900. The van der Waals surface area contributed by atoms with Gasteiger partial charge in [-0.25, -0.2) is 0 Å². The molecule has 2 fully saturated rings. The van der Waals surface area contributed by atoms with Gasteiger partial charge in [-0.2, -0.15) is 0 Å². The average molecular weight is 435 g/mol. The van der Waals surface area contributed by atoms with Crippen LogP contribution in [-0.4, -0.2) is 68.2 Å². The fraction of sp³-hybridized carbons (Fsp3) is 0.652. The molecule has 8 nitrogen and oxygen atoms in total. The summed E-state index contributed by atoms with van der Waals surface area (Å²) in [6, 6.07) is 5.75. The molecule has 1 aromatic heterocycles. The van der Waals surface area contributed by atoms with Crippen LogP contribution >= 0.6 is 0 Å². The summed E-state index contributed by atoms with van der Waals surface area (Å²) in [6.07, 6.45) is 3.32. The maximum Gasteiger partial charge on any atom is 0.293 e. The zero-order chi connectivity index (χ0) is 22.3. The van der Waals surface area contributed by atoms with E-state index in [1.807, 2.05) is 39.0 Å². The number of likely N-dealkylation sites (tertiary alicyclic amines) is 1. The second kappa shape index (κ2) is 10.8. The molecule has 4 rings (SSSR count). The third-order valence-corrected chi connectivity index (χ3v) is 5.31. The van der Waals surface area contributed by atoms with Gasteiger partial charge in [-0.1, -0.05) is 6.07 Å². The number of aromatic nitrogens is 1. The number of hydrogen-bond donors (Lipinski definition) is 0. The second-order valence-electron chi connectivity index (χ2n) is 9.10. The van der Waals surface area contributed by atoms with Crippen LogP contribution in [0.25, 0.3) is 11.0 Å². The standard InChI is InChI=1S/C18H24N2O4.C5H10O2/c1-20-8-5-13(6-9-20)11-22-18-17-15(23-14-7-10-21-12-14)3-2-4-16(17)24-19-18;1-5(2,3)7-4-6/h2-4,13-14H,5-12H2,1H3;4H,1-3H3. The Morgan fingerprint density at radius 3 is 2.61 bits per heavy atom. The first-order chi connectivity index (χ1) is 14.9. The van der Waals surface area contributed by atoms with Crippen molar-refractivity contribution in [2.75, 3.05) is 40.0 Å². The number of piperidine rings is 1. The first-order valence-corrected chi connectivity index (χ1v) is 10.9. The Balaban J connectivity index is 0.000000339. The number of carbonyl (C=O) groups is 1. The quantitative estimate of drug-likeness (QED) is 0.637. The smallest absolute Gasteiger partial charge is 0.293 e. The first-order valence-electron chi connectivity index (χ1n) is 10.9. The van der Waals surface area contributed by atoms with Gasteiger partial charge in [-0.3, -0.25) is 4.79 Å². The van der Waals surface area contributed by atoms with E-state index in [1.165, 1.54) is 0 Å². The normalized spacial score (nSPS) is 20.2. The molecule has 0 bridgehead atoms. The molecule has 0 radical (unpaired) electrons. The summed E-state index contributed by atoms with van der Waals surface area (Å²) in [5.74, 6) is 1.88. The summed E-state index contributed by atoms with van der Waals surface area (Å²) in [5, 5.41) is 4.94. The number of nitrogens with zero attached hydrogens (tertiary/aromatic N) is 2. The van der Waals surface area contributed by atoms with Gasteiger partial charge < -0.3 is 28.4 Å². The zero-order valence-electron chi connectivity index (χ0n) is 19.0. The van der Waals surface area contributed by atoms with Gasteiger partial charge >= 0.3 is 0 Å². The highest BCUT2D eigenvalue weighted by Gasteiger charge is 2.23. The van der Waals surface area contributed by atoms with Gasteiger partial charge in [0.15, 0.2) is 5.58 Å². The molecule has 2 saturated heterocycles. The molecule has 172 valence electrons. The average Bonchev–Trinajstić information content (AvgIpc) is 3.37. The van der Waals surface area contributed by atoms with Crippen LogP contribution in [0.15, 0.2) is 22.7 Å². The van der Waals surface area contributed by atoms with Crippen molar-refractivity contribution < 1.29 is 28.3 Å². The van der Waals surface area contributed by atoms with Crippen molar-refractivity contribution in [2.45, 2.75) is 51.7 Å². The lowest BCUT2D eigenvalue weighted by atomic mass is 9.98. The number of rotatable bonds is 6. The van der Waals surface area contributed by atoms with Gasteiger partial charge in [-0.05, 0) is 77.0 Å². The molecule has 1 atom stereocenters. The lowest BCUT2D eigenvalue weighted by Gasteiger charge is -2.28. The van der Waals surface area contributed by atoms with E-state index in [-0.39, 0.29) is 11.7 Å². The van der Waals surface area contributed by atoms with Crippen LogP contribution in [0, 0.1) is 5.92 Å². The number of ether oxygens (including phenoxy) is 4. The lowest BCUT2D eigenvalue weighted by molar-refractivity contribution is -0.138. The van der Waals surface area contributed by atoms with Crippen molar-refractivity contribution in [3.8, 4) is 11.6 Å². The fourth-order valence-corrected chi connectivity index (χ4v) is 3.49. The van der Waals surface area contributed by atoms with Crippen molar-refractivity contribution in [3.63, 3.8) is 0 Å². The highest BCUT2D eigenvalue weighted by molar-refractivity contribution is 5.88. The molecule has 0 amide bonds. The topological polar surface area (TPSA) is 83.3 Å². The summed E-state index contributed by atoms with van der Waals surface area (Å²) in [6.45, 7) is 10.2. The first kappa shape index (κ1) is 23.3. The second-order valence-corrected chi connectivity index (χ2v) is 9.10. The Morgan fingerprint density at radius 1 is 1.23 bits per heavy atom. The molecular formula is C23H34N2O6. The van der Waals surface area contributed by atoms with E-state index < -0.39 is 0 Å². The van der Waals surface area contributed by atoms with Crippen molar-refractivity contribution >= 4 is 17.4 Å². The van der Waals surface area contributed by atoms with Gasteiger partial charge in [0.05, 0.1) is 19.8 Å². The van der Waals surface area contributed by atoms with Crippen LogP contribution in [-0.2, 0) is 14.3 Å². The van der Waals surface area contributed by atoms with Gasteiger partial charge in [0.25, 0.3) is 12.4 Å². The Bertz CT molecular complexity index is 817. The van der Waals surface area contributed by atoms with E-state index in [0.717, 1.165) is 50.1 Å². The van der Waals surface area contributed by atoms with Crippen LogP contribution in [0.3, 0.4) is 0 Å². The number of hydrogen-bond acceptors (Lipinski definition) is 8. The largest absolute Gasteiger partial charge is 0.487 e. The van der Waals surface area contributed by atoms with Crippen LogP contribution < -0.4 is 9.47 Å². The van der Waals surface area contributed by atoms with E-state index in [9.17, 15) is 4.79 Å². The minimum Gasteiger partial charge on any atom is -0.487 e. The molecule has 0 aliphatic carbocycles. The van der Waals surface area contributed by atoms with Gasteiger partial charge in [-0.15, -0.1) is 0 Å². The third-order valence-electron chi connectivity index (χ3n) is 5.31. The molecule has 2 aliphatic heterocycles. The monoisotopic (exact) mass is 434 g/mol. The number of carbonyl (C=O) groups excluding carboxylic acids is 1. The third kappa shape index (κ3) is 7.11. The SMILES string of the molecule is CC(C)(C)OC=O.CN1CCC(COc2noc3cccc(OC4CCOC4)c23)CC1. The molecule has 1 unspecified atom stereocenters. The van der Waals surface area contributed by atoms with Gasteiger partial charge in [0.1, 0.15) is 22.8 Å². The summed E-state index contributed by atoms with van der Waals surface area (Å²) in [5.41, 5.74) is 0.381. The molecule has 31 heavy (non-hydrogen) atoms. The van der Waals surface area contributed by atoms with Crippen LogP contribution in [0.5, 0.6) is 11.6 Å². The molecule has 2 aliphatic rings. The molecular weight excluding hydrogens is 400 g/mol. The van der Waals surface area contributed by atoms with E-state index in [0.29, 0.717) is 37.1 Å². The van der Waals surface area contributed by atoms with Crippen molar-refractivity contribution in [1.29, 1.82) is 0 Å². The molecule has 2 aromatic rings. The fourth-order valence-electron chi connectivity index (χ4n) is 3.49. The van der Waals surface area contributed by atoms with Crippen molar-refractivity contribution in [3.05, 3.63) is 18.2 Å². The highest BCUT2D eigenvalue weighted by atomic mass is 16.6. The molecule has 3 heterocycles. The van der Waals surface area contributed by atoms with E-state index in [1.54, 1.807) is 0 Å². The predicted octanol–water partition coefficient (Wildman–Crippen LogP) is 3.67. The van der Waals surface area contributed by atoms with Crippen LogP contribution in [0.1, 0.15) is 40.0 Å². The zero-order valence-corrected chi connectivity index (χ0v) is 19.0. The Hall–Kier alpha value is -2.32. The maximum absolute atomic E-state index is 9.60. The Morgan fingerprint density at radius 2 is 2.00 bits per heavy atom. The Labute approximate surface area is 183 Å². The molecule has 0 spiro atoms. The minimum atomic E-state index is -0.318. The summed E-state index contributed by atoms with van der Waals surface area (Å²) < 4.78 is 27.4. The summed E-state index contributed by atoms with van der Waals surface area (Å²) >= 11 is 0. The van der Waals surface area contributed by atoms with Gasteiger partial charge in [0.2, 0.25) is 0 Å². The van der Waals surface area contributed by atoms with Crippen molar-refractivity contribution in [1.82, 2.24) is 10.1 Å². The summed E-state index contributed by atoms with van der Waals surface area (Å²) in [7, 11) is 2.17. The molecule has 0 N–H and O–H groups in total. The van der Waals surface area contributed by atoms with Crippen LogP contribution in [0.2, 0.25) is 0 Å². The predicted molar refractivity (Wildman–Crippen MR) is 116 cm³/mol. The number of fused-ring (bicyclic) bond motifs is 1. The molecule has 1 aromatic carbocycles. The molecule has 8 heteroatoms. The Kier molecular flexibility index (Phi) is 8.15. The van der Waals surface area contributed by atoms with E-state index >= 15 is 0 Å². The van der Waals surface area contributed by atoms with E-state index in [2.05, 4.69) is 21.8 Å². The van der Waals surface area contributed by atoms with Gasteiger partial charge in [0, 0.05) is 6.42 Å². The van der Waals surface area contributed by atoms with E-state index in [4.69, 9.17) is 18.7 Å². The van der Waals surface area contributed by atoms with Crippen molar-refractivity contribution in [2.24, 2.45) is 5.92 Å². The lowest BCUT2D eigenvalue weighted by Crippen LogP contribution is -2.32. The number of benzene rings is 1. The highest BCUT2D eigenvalue weighted by Crippen LogP contribution is 2.35. The maximum atomic E-state index is 9.60. The van der Waals surface area contributed by atoms with Crippen LogP contribution in [0.4, 0.5) is 0 Å². The summed E-state index contributed by atoms with van der Waals surface area (Å²) in [4.78, 5) is 12.0. The molecule has 0 saturated carbocycles.